The molecule has 0 fully saturated rings. The molecule has 2 aromatic rings. The Labute approximate surface area is 124 Å². The minimum Gasteiger partial charge on any atom is -0.348 e. The predicted octanol–water partition coefficient (Wildman–Crippen LogP) is 1.52. The maximum Gasteiger partial charge on any atom is 0.253 e. The van der Waals surface area contributed by atoms with Crippen molar-refractivity contribution in [2.45, 2.75) is 26.8 Å². The van der Waals surface area contributed by atoms with Crippen LogP contribution >= 0.6 is 0 Å². The zero-order valence-electron chi connectivity index (χ0n) is 12.4. The van der Waals surface area contributed by atoms with Crippen molar-refractivity contribution in [1.82, 2.24) is 15.5 Å². The van der Waals surface area contributed by atoms with E-state index in [2.05, 4.69) is 15.5 Å². The lowest BCUT2D eigenvalue weighted by Crippen LogP contribution is -2.24. The number of nitrogens with zero attached hydrogens (tertiary/aromatic N) is 2. The van der Waals surface area contributed by atoms with E-state index >= 15 is 0 Å². The lowest BCUT2D eigenvalue weighted by molar-refractivity contribution is 0.0949. The van der Waals surface area contributed by atoms with E-state index in [1.807, 2.05) is 31.2 Å². The van der Waals surface area contributed by atoms with E-state index in [-0.39, 0.29) is 5.91 Å². The number of nitrogens with one attached hydrogen (secondary N) is 1. The van der Waals surface area contributed by atoms with Crippen molar-refractivity contribution in [3.8, 4) is 0 Å². The van der Waals surface area contributed by atoms with Gasteiger partial charge >= 0.3 is 0 Å². The normalized spacial score (nSPS) is 10.4. The van der Waals surface area contributed by atoms with E-state index in [1.165, 1.54) is 5.56 Å². The molecule has 0 unspecified atom stereocenters. The molecule has 5 heteroatoms. The van der Waals surface area contributed by atoms with Crippen LogP contribution in [0.2, 0.25) is 0 Å². The summed E-state index contributed by atoms with van der Waals surface area (Å²) in [5.41, 5.74) is 9.72. The molecule has 1 aromatic carbocycles. The Balaban J connectivity index is 1.99. The third-order valence-corrected chi connectivity index (χ3v) is 3.25. The van der Waals surface area contributed by atoms with E-state index in [0.29, 0.717) is 24.3 Å². The zero-order chi connectivity index (χ0) is 15.2. The van der Waals surface area contributed by atoms with Crippen LogP contribution in [0.3, 0.4) is 0 Å². The lowest BCUT2D eigenvalue weighted by atomic mass is 10.1. The van der Waals surface area contributed by atoms with Crippen LogP contribution in [0, 0.1) is 13.8 Å². The maximum atomic E-state index is 12.2. The fourth-order valence-corrected chi connectivity index (χ4v) is 2.05. The second kappa shape index (κ2) is 6.95. The molecular weight excluding hydrogens is 264 g/mol. The van der Waals surface area contributed by atoms with Crippen molar-refractivity contribution in [3.63, 3.8) is 0 Å². The van der Waals surface area contributed by atoms with Crippen LogP contribution in [0.5, 0.6) is 0 Å². The van der Waals surface area contributed by atoms with Gasteiger partial charge in [0.15, 0.2) is 0 Å². The van der Waals surface area contributed by atoms with Gasteiger partial charge in [0.25, 0.3) is 5.91 Å². The summed E-state index contributed by atoms with van der Waals surface area (Å²) in [6.07, 6.45) is 0.869. The molecular formula is C16H20N4O. The van der Waals surface area contributed by atoms with Crippen LogP contribution in [-0.4, -0.2) is 22.6 Å². The van der Waals surface area contributed by atoms with Crippen LogP contribution < -0.4 is 11.1 Å². The lowest BCUT2D eigenvalue weighted by Gasteiger charge is -2.08. The van der Waals surface area contributed by atoms with Crippen LogP contribution in [0.4, 0.5) is 0 Å². The summed E-state index contributed by atoms with van der Waals surface area (Å²) >= 11 is 0. The summed E-state index contributed by atoms with van der Waals surface area (Å²) in [5.74, 6) is -0.128. The molecule has 1 heterocycles. The van der Waals surface area contributed by atoms with Gasteiger partial charge in [-0.05, 0) is 44.0 Å². The number of amides is 1. The topological polar surface area (TPSA) is 80.9 Å². The Morgan fingerprint density at radius 1 is 1.14 bits per heavy atom. The Bertz CT molecular complexity index is 623. The number of benzene rings is 1. The van der Waals surface area contributed by atoms with Gasteiger partial charge in [0.05, 0.1) is 17.0 Å². The zero-order valence-corrected chi connectivity index (χ0v) is 12.4. The molecule has 0 aliphatic rings. The molecule has 0 saturated heterocycles. The number of carbonyl (C=O) groups is 1. The SMILES string of the molecule is Cc1cc(C(=O)NCc2ccc(CCN)cc2)c(C)nn1. The average molecular weight is 284 g/mol. The summed E-state index contributed by atoms with van der Waals surface area (Å²) in [4.78, 5) is 12.2. The minimum absolute atomic E-state index is 0.128. The number of aromatic nitrogens is 2. The predicted molar refractivity (Wildman–Crippen MR) is 81.9 cm³/mol. The minimum atomic E-state index is -0.128. The van der Waals surface area contributed by atoms with E-state index in [4.69, 9.17) is 5.73 Å². The van der Waals surface area contributed by atoms with Crippen LogP contribution in [0.15, 0.2) is 30.3 Å². The Morgan fingerprint density at radius 2 is 1.81 bits per heavy atom. The van der Waals surface area contributed by atoms with Gasteiger partial charge in [-0.25, -0.2) is 0 Å². The van der Waals surface area contributed by atoms with Crippen molar-refractivity contribution in [2.75, 3.05) is 6.54 Å². The monoisotopic (exact) mass is 284 g/mol. The van der Waals surface area contributed by atoms with Crippen molar-refractivity contribution in [1.29, 1.82) is 0 Å². The average Bonchev–Trinajstić information content (AvgIpc) is 2.49. The third-order valence-electron chi connectivity index (χ3n) is 3.25. The Hall–Kier alpha value is -2.27. The van der Waals surface area contributed by atoms with Gasteiger partial charge in [-0.2, -0.15) is 10.2 Å². The van der Waals surface area contributed by atoms with Gasteiger partial charge in [0.2, 0.25) is 0 Å². The molecule has 110 valence electrons. The van der Waals surface area contributed by atoms with Crippen molar-refractivity contribution in [3.05, 3.63) is 58.4 Å². The number of rotatable bonds is 5. The van der Waals surface area contributed by atoms with E-state index < -0.39 is 0 Å². The highest BCUT2D eigenvalue weighted by molar-refractivity contribution is 5.95. The first kappa shape index (κ1) is 15.1. The van der Waals surface area contributed by atoms with E-state index in [0.717, 1.165) is 17.7 Å². The maximum absolute atomic E-state index is 12.2. The summed E-state index contributed by atoms with van der Waals surface area (Å²) in [6.45, 7) is 4.73. The molecule has 0 aliphatic carbocycles. The second-order valence-corrected chi connectivity index (χ2v) is 5.02. The molecule has 3 N–H and O–H groups in total. The van der Waals surface area contributed by atoms with E-state index in [1.54, 1.807) is 13.0 Å². The second-order valence-electron chi connectivity index (χ2n) is 5.02. The van der Waals surface area contributed by atoms with E-state index in [9.17, 15) is 4.79 Å². The fourth-order valence-electron chi connectivity index (χ4n) is 2.05. The van der Waals surface area contributed by atoms with Crippen LogP contribution in [-0.2, 0) is 13.0 Å². The molecule has 0 atom stereocenters. The standard InChI is InChI=1S/C16H20N4O/c1-11-9-15(12(2)20-19-11)16(21)18-10-14-5-3-13(4-6-14)7-8-17/h3-6,9H,7-8,10,17H2,1-2H3,(H,18,21). The number of carbonyl (C=O) groups excluding carboxylic acids is 1. The first-order chi connectivity index (χ1) is 10.1. The molecule has 2 rings (SSSR count). The first-order valence-corrected chi connectivity index (χ1v) is 6.97. The number of hydrogen-bond donors (Lipinski definition) is 2. The summed E-state index contributed by atoms with van der Waals surface area (Å²) in [7, 11) is 0. The molecule has 1 amide bonds. The number of nitrogens with two attached hydrogens (primary N) is 1. The Morgan fingerprint density at radius 3 is 2.48 bits per heavy atom. The highest BCUT2D eigenvalue weighted by Crippen LogP contribution is 2.07. The first-order valence-electron chi connectivity index (χ1n) is 6.97. The van der Waals surface area contributed by atoms with Crippen molar-refractivity contribution < 1.29 is 4.79 Å². The summed E-state index contributed by atoms with van der Waals surface area (Å²) in [5, 5.41) is 10.8. The van der Waals surface area contributed by atoms with Gasteiger partial charge in [0, 0.05) is 6.54 Å². The molecule has 0 saturated carbocycles. The van der Waals surface area contributed by atoms with Crippen LogP contribution in [0.1, 0.15) is 32.9 Å². The number of hydrogen-bond acceptors (Lipinski definition) is 4. The van der Waals surface area contributed by atoms with Gasteiger partial charge in [-0.3, -0.25) is 4.79 Å². The van der Waals surface area contributed by atoms with Crippen molar-refractivity contribution in [2.24, 2.45) is 5.73 Å². The van der Waals surface area contributed by atoms with Gasteiger partial charge in [0.1, 0.15) is 0 Å². The van der Waals surface area contributed by atoms with Gasteiger partial charge in [-0.15, -0.1) is 0 Å². The van der Waals surface area contributed by atoms with Crippen molar-refractivity contribution >= 4 is 5.91 Å². The Kier molecular flexibility index (Phi) is 5.00. The molecule has 0 radical (unpaired) electrons. The molecule has 0 bridgehead atoms. The summed E-state index contributed by atoms with van der Waals surface area (Å²) in [6, 6.07) is 9.85. The smallest absolute Gasteiger partial charge is 0.253 e. The van der Waals surface area contributed by atoms with Gasteiger partial charge < -0.3 is 11.1 Å². The highest BCUT2D eigenvalue weighted by Gasteiger charge is 2.10. The number of aryl methyl sites for hydroxylation is 2. The fraction of sp³-hybridized carbons (Fsp3) is 0.312. The molecule has 0 spiro atoms. The largest absolute Gasteiger partial charge is 0.348 e. The molecule has 21 heavy (non-hydrogen) atoms. The summed E-state index contributed by atoms with van der Waals surface area (Å²) < 4.78 is 0. The molecule has 5 nitrogen and oxygen atoms in total. The van der Waals surface area contributed by atoms with Crippen LogP contribution in [0.25, 0.3) is 0 Å². The molecule has 1 aromatic heterocycles. The highest BCUT2D eigenvalue weighted by atomic mass is 16.1. The quantitative estimate of drug-likeness (QED) is 0.872. The third kappa shape index (κ3) is 4.10. The molecule has 0 aliphatic heterocycles. The van der Waals surface area contributed by atoms with Gasteiger partial charge in [-0.1, -0.05) is 24.3 Å².